The molecule has 4 heterocycles. The second kappa shape index (κ2) is 11.7. The Kier molecular flexibility index (Phi) is 7.84. The summed E-state index contributed by atoms with van der Waals surface area (Å²) in [6.07, 6.45) is 0.596. The number of hydrogen-bond donors (Lipinski definition) is 0. The first-order chi connectivity index (χ1) is 20.3. The first kappa shape index (κ1) is 28.1. The van der Waals surface area contributed by atoms with E-state index in [2.05, 4.69) is 16.3 Å². The average molecular weight is 595 g/mol. The van der Waals surface area contributed by atoms with E-state index in [0.29, 0.717) is 63.6 Å². The number of fused-ring (bicyclic) bond motifs is 2. The second-order valence-corrected chi connectivity index (χ2v) is 11.1. The minimum absolute atomic E-state index is 0.0278. The van der Waals surface area contributed by atoms with Gasteiger partial charge in [-0.2, -0.15) is 9.97 Å². The molecule has 3 aliphatic heterocycles. The zero-order valence-corrected chi connectivity index (χ0v) is 23.6. The van der Waals surface area contributed by atoms with Crippen molar-refractivity contribution in [1.82, 2.24) is 14.9 Å². The van der Waals surface area contributed by atoms with Crippen LogP contribution >= 0.6 is 11.6 Å². The number of hydrogen-bond acceptors (Lipinski definition) is 7. The van der Waals surface area contributed by atoms with Crippen LogP contribution in [0.4, 0.5) is 20.3 Å². The number of ether oxygens (including phenoxy) is 2. The third-order valence-corrected chi connectivity index (χ3v) is 8.38. The van der Waals surface area contributed by atoms with E-state index >= 15 is 0 Å². The normalized spacial score (nSPS) is 18.8. The summed E-state index contributed by atoms with van der Waals surface area (Å²) in [5.74, 6) is -1.36. The highest BCUT2D eigenvalue weighted by Gasteiger charge is 2.36. The molecule has 2 saturated heterocycles. The largest absolute Gasteiger partial charge is 0.463 e. The number of rotatable bonds is 7. The van der Waals surface area contributed by atoms with Crippen LogP contribution in [0.15, 0.2) is 42.7 Å². The summed E-state index contributed by atoms with van der Waals surface area (Å²) in [5, 5.41) is 1.57. The van der Waals surface area contributed by atoms with Gasteiger partial charge in [-0.3, -0.25) is 4.79 Å². The lowest BCUT2D eigenvalue weighted by atomic mass is 10.0. The summed E-state index contributed by atoms with van der Waals surface area (Å²) >= 11 is 6.44. The van der Waals surface area contributed by atoms with Crippen molar-refractivity contribution in [2.45, 2.75) is 19.0 Å². The molecule has 9 nitrogen and oxygen atoms in total. The van der Waals surface area contributed by atoms with Crippen LogP contribution in [0.3, 0.4) is 0 Å². The molecule has 6 rings (SSSR count). The number of halogens is 3. The maximum atomic E-state index is 14.5. The van der Waals surface area contributed by atoms with Crippen molar-refractivity contribution in [3.63, 3.8) is 0 Å². The topological polar surface area (TPSA) is 75.4 Å². The van der Waals surface area contributed by atoms with Crippen molar-refractivity contribution in [3.8, 4) is 6.01 Å². The Balaban J connectivity index is 1.34. The van der Waals surface area contributed by atoms with Crippen LogP contribution in [-0.4, -0.2) is 79.4 Å². The van der Waals surface area contributed by atoms with Gasteiger partial charge >= 0.3 is 6.01 Å². The molecule has 0 N–H and O–H groups in total. The molecule has 0 unspecified atom stereocenters. The highest BCUT2D eigenvalue weighted by Crippen LogP contribution is 2.38. The van der Waals surface area contributed by atoms with E-state index in [1.165, 1.54) is 11.0 Å². The quantitative estimate of drug-likeness (QED) is 0.296. The van der Waals surface area contributed by atoms with E-state index in [9.17, 15) is 13.6 Å². The Morgan fingerprint density at radius 3 is 2.76 bits per heavy atom. The van der Waals surface area contributed by atoms with Crippen LogP contribution in [-0.2, 0) is 22.5 Å². The van der Waals surface area contributed by atoms with E-state index < -0.39 is 23.6 Å². The van der Waals surface area contributed by atoms with Crippen LogP contribution in [0.2, 0.25) is 5.02 Å². The molecule has 12 heteroatoms. The Morgan fingerprint density at radius 2 is 2.02 bits per heavy atom. The van der Waals surface area contributed by atoms with Gasteiger partial charge in [0.05, 0.1) is 37.1 Å². The van der Waals surface area contributed by atoms with Gasteiger partial charge in [-0.15, -0.1) is 0 Å². The van der Waals surface area contributed by atoms with Gasteiger partial charge in [-0.1, -0.05) is 36.4 Å². The van der Waals surface area contributed by atoms with Crippen LogP contribution in [0.1, 0.15) is 11.3 Å². The molecular formula is C30H29ClF2N6O3. The van der Waals surface area contributed by atoms with E-state index in [4.69, 9.17) is 37.6 Å². The maximum absolute atomic E-state index is 14.5. The smallest absolute Gasteiger partial charge is 0.318 e. The number of nitrogens with zero attached hydrogens (tertiary/aromatic N) is 6. The zero-order valence-electron chi connectivity index (χ0n) is 22.9. The zero-order chi connectivity index (χ0) is 29.4. The van der Waals surface area contributed by atoms with Gasteiger partial charge in [0.2, 0.25) is 6.54 Å². The van der Waals surface area contributed by atoms with Crippen LogP contribution in [0.5, 0.6) is 6.01 Å². The Hall–Kier alpha value is -4.01. The fraction of sp³-hybridized carbons (Fsp3) is 0.400. The molecule has 218 valence electrons. The van der Waals surface area contributed by atoms with Crippen LogP contribution < -0.4 is 14.5 Å². The molecule has 0 saturated carbocycles. The molecule has 0 bridgehead atoms. The Bertz CT molecular complexity index is 1590. The molecule has 2 aromatic carbocycles. The van der Waals surface area contributed by atoms with E-state index in [1.54, 1.807) is 6.07 Å². The predicted molar refractivity (Wildman–Crippen MR) is 155 cm³/mol. The fourth-order valence-electron chi connectivity index (χ4n) is 5.78. The van der Waals surface area contributed by atoms with Crippen LogP contribution in [0, 0.1) is 18.3 Å². The van der Waals surface area contributed by atoms with Gasteiger partial charge in [-0.05, 0) is 23.9 Å². The van der Waals surface area contributed by atoms with Gasteiger partial charge in [0.25, 0.3) is 5.91 Å². The van der Waals surface area contributed by atoms with Gasteiger partial charge in [-0.25, -0.2) is 15.4 Å². The summed E-state index contributed by atoms with van der Waals surface area (Å²) in [7, 11) is 0. The van der Waals surface area contributed by atoms with Gasteiger partial charge in [0.1, 0.15) is 17.7 Å². The molecule has 2 fully saturated rings. The highest BCUT2D eigenvalue weighted by atomic mass is 35.5. The summed E-state index contributed by atoms with van der Waals surface area (Å²) in [4.78, 5) is 31.1. The molecule has 1 amide bonds. The number of piperazine rings is 1. The molecule has 3 aliphatic rings. The van der Waals surface area contributed by atoms with Crippen molar-refractivity contribution in [1.29, 1.82) is 0 Å². The minimum Gasteiger partial charge on any atom is -0.463 e. The lowest BCUT2D eigenvalue weighted by Crippen LogP contribution is -2.57. The number of aromatic nitrogens is 2. The number of amides is 1. The van der Waals surface area contributed by atoms with Gasteiger partial charge < -0.3 is 29.0 Å². The highest BCUT2D eigenvalue weighted by molar-refractivity contribution is 6.36. The van der Waals surface area contributed by atoms with Crippen molar-refractivity contribution in [2.24, 2.45) is 5.92 Å². The average Bonchev–Trinajstić information content (AvgIpc) is 2.97. The first-order valence-electron chi connectivity index (χ1n) is 13.8. The molecule has 0 radical (unpaired) electrons. The summed E-state index contributed by atoms with van der Waals surface area (Å²) in [6, 6.07) is 8.55. The minimum atomic E-state index is -1.04. The third kappa shape index (κ3) is 5.32. The number of benzene rings is 2. The van der Waals surface area contributed by atoms with Crippen LogP contribution in [0.25, 0.3) is 15.6 Å². The molecule has 1 atom stereocenters. The van der Waals surface area contributed by atoms with E-state index in [1.807, 2.05) is 23.1 Å². The predicted octanol–water partition coefficient (Wildman–Crippen LogP) is 4.43. The monoisotopic (exact) mass is 594 g/mol. The summed E-state index contributed by atoms with van der Waals surface area (Å²) in [6.45, 7) is 14.2. The maximum Gasteiger partial charge on any atom is 0.318 e. The molecule has 3 aromatic rings. The van der Waals surface area contributed by atoms with Crippen molar-refractivity contribution in [2.75, 3.05) is 62.3 Å². The SMILES string of the molecule is [C-]#[N+]C[C@H]1CN(c2nc(OCC3COC3)nc3c2CCN(c2cccc4ccc(F)c(Cl)c24)C3)CCN1C(=O)C(=C)F. The lowest BCUT2D eigenvalue weighted by Gasteiger charge is -2.41. The second-order valence-electron chi connectivity index (χ2n) is 10.7. The van der Waals surface area contributed by atoms with Crippen molar-refractivity contribution in [3.05, 3.63) is 76.3 Å². The molecule has 0 spiro atoms. The van der Waals surface area contributed by atoms with Crippen molar-refractivity contribution >= 4 is 39.8 Å². The Labute approximate surface area is 247 Å². The fourth-order valence-corrected chi connectivity index (χ4v) is 6.05. The number of anilines is 2. The first-order valence-corrected chi connectivity index (χ1v) is 14.2. The number of carbonyl (C=O) groups excluding carboxylic acids is 1. The summed E-state index contributed by atoms with van der Waals surface area (Å²) < 4.78 is 39.5. The molecule has 1 aromatic heterocycles. The van der Waals surface area contributed by atoms with E-state index in [-0.39, 0.29) is 30.0 Å². The third-order valence-electron chi connectivity index (χ3n) is 8.01. The molecular weight excluding hydrogens is 566 g/mol. The molecule has 42 heavy (non-hydrogen) atoms. The van der Waals surface area contributed by atoms with Crippen molar-refractivity contribution < 1.29 is 23.0 Å². The molecule has 0 aliphatic carbocycles. The lowest BCUT2D eigenvalue weighted by molar-refractivity contribution is -0.131. The standard InChI is InChI=1S/C30H29ClF2N6O3/c1-18(32)29(40)39-11-10-38(13-21(39)12-34-2)28-22-8-9-37(14-24(22)35-30(36-28)42-17-19-15-41-16-19)25-5-3-4-20-6-7-23(33)27(31)26(20)25/h3-7,19,21H,1,8-17H2/t21-/m0/s1. The van der Waals surface area contributed by atoms with Gasteiger partial charge in [0, 0.05) is 48.7 Å². The Morgan fingerprint density at radius 1 is 1.19 bits per heavy atom. The van der Waals surface area contributed by atoms with E-state index in [0.717, 1.165) is 22.3 Å². The van der Waals surface area contributed by atoms with Gasteiger partial charge in [0.15, 0.2) is 5.83 Å². The number of carbonyl (C=O) groups is 1. The summed E-state index contributed by atoms with van der Waals surface area (Å²) in [5.41, 5.74) is 2.53.